The Kier molecular flexibility index (Phi) is 13.1. The summed E-state index contributed by atoms with van der Waals surface area (Å²) in [6.07, 6.45) is 9.99. The molecule has 1 fully saturated rings. The minimum Gasteiger partial charge on any atom is -0.311 e. The van der Waals surface area contributed by atoms with E-state index in [0.29, 0.717) is 5.92 Å². The summed E-state index contributed by atoms with van der Waals surface area (Å²) in [4.78, 5) is 8.05. The lowest BCUT2D eigenvalue weighted by Crippen LogP contribution is -2.58. The lowest BCUT2D eigenvalue weighted by molar-refractivity contribution is 0.320. The normalized spacial score (nSPS) is 19.4. The highest BCUT2D eigenvalue weighted by atomic mass is 15.2. The first-order chi connectivity index (χ1) is 39.9. The van der Waals surface area contributed by atoms with Crippen molar-refractivity contribution in [3.63, 3.8) is 0 Å². The number of hydrogen-bond acceptors (Lipinski definition) is 3. The molecule has 2 atom stereocenters. The van der Waals surface area contributed by atoms with Gasteiger partial charge in [-0.1, -0.05) is 233 Å². The van der Waals surface area contributed by atoms with E-state index in [1.807, 2.05) is 0 Å². The average molecular weight is 1120 g/mol. The van der Waals surface area contributed by atoms with Crippen molar-refractivity contribution in [1.29, 1.82) is 0 Å². The molecule has 8 aromatic carbocycles. The van der Waals surface area contributed by atoms with Crippen molar-refractivity contribution in [2.75, 3.05) is 14.7 Å². The largest absolute Gasteiger partial charge is 0.311 e. The molecule has 432 valence electrons. The van der Waals surface area contributed by atoms with Crippen molar-refractivity contribution in [1.82, 2.24) is 0 Å². The number of rotatable bonds is 7. The first-order valence-electron chi connectivity index (χ1n) is 31.7. The zero-order valence-corrected chi connectivity index (χ0v) is 54.1. The smallest absolute Gasteiger partial charge is 0.251 e. The van der Waals surface area contributed by atoms with Gasteiger partial charge in [-0.15, -0.1) is 0 Å². The van der Waals surface area contributed by atoms with E-state index < -0.39 is 0 Å². The lowest BCUT2D eigenvalue weighted by atomic mass is 9.31. The summed E-state index contributed by atoms with van der Waals surface area (Å²) in [5, 5.41) is 0. The minimum absolute atomic E-state index is 0.00632. The molecule has 0 spiro atoms. The number of nitrogens with zero attached hydrogens (tertiary/aromatic N) is 3. The van der Waals surface area contributed by atoms with Crippen LogP contribution in [0.25, 0.3) is 22.3 Å². The Balaban J connectivity index is 1.21. The third-order valence-electron chi connectivity index (χ3n) is 19.9. The lowest BCUT2D eigenvalue weighted by Gasteiger charge is -2.49. The Morgan fingerprint density at radius 3 is 1.36 bits per heavy atom. The third-order valence-corrected chi connectivity index (χ3v) is 19.9. The van der Waals surface area contributed by atoms with Crippen LogP contribution in [0, 0.1) is 22.2 Å². The van der Waals surface area contributed by atoms with E-state index in [2.05, 4.69) is 314 Å². The molecule has 0 N–H and O–H groups in total. The van der Waals surface area contributed by atoms with Gasteiger partial charge in [0.1, 0.15) is 0 Å². The Bertz CT molecular complexity index is 3940. The van der Waals surface area contributed by atoms with E-state index in [9.17, 15) is 0 Å². The van der Waals surface area contributed by atoms with Crippen molar-refractivity contribution in [3.05, 3.63) is 227 Å². The van der Waals surface area contributed by atoms with Crippen LogP contribution in [-0.4, -0.2) is 6.71 Å². The summed E-state index contributed by atoms with van der Waals surface area (Å²) in [7, 11) is 0. The van der Waals surface area contributed by atoms with Gasteiger partial charge in [0.25, 0.3) is 6.71 Å². The van der Waals surface area contributed by atoms with Crippen molar-refractivity contribution in [3.8, 4) is 22.3 Å². The van der Waals surface area contributed by atoms with E-state index in [4.69, 9.17) is 0 Å². The Morgan fingerprint density at radius 2 is 0.882 bits per heavy atom. The summed E-state index contributed by atoms with van der Waals surface area (Å²) >= 11 is 0. The van der Waals surface area contributed by atoms with Crippen LogP contribution in [-0.2, 0) is 34.5 Å². The van der Waals surface area contributed by atoms with Crippen molar-refractivity contribution < 1.29 is 0 Å². The molecule has 1 saturated carbocycles. The zero-order valence-electron chi connectivity index (χ0n) is 54.1. The molecular formula is C81H90BN3. The first kappa shape index (κ1) is 56.8. The van der Waals surface area contributed by atoms with Crippen LogP contribution in [0.1, 0.15) is 164 Å². The molecule has 4 heteroatoms. The standard InChI is InChI=1S/C81H90BN3/c1-75(2,3)56-28-34-61(35-29-56)83(62-36-30-57(31-37-62)76(4,5)6)63-45-71-74-72(46-63)85(69-39-33-59(78(10,11)12)43-65(69)53-26-22-19-23-27-53)73-50-81(17)51-80(15,16)49-60(81)44-67(73)82(74)66-40-54-47-79(13,14)48-55(54)41-70(66)84(71)68-38-32-58(77(7,8)9)42-64(68)52-24-20-18-21-25-52/h18-46,50,60H,47-49,51H2,1-17H3. The van der Waals surface area contributed by atoms with Crippen LogP contribution >= 0.6 is 0 Å². The van der Waals surface area contributed by atoms with Gasteiger partial charge in [0.15, 0.2) is 0 Å². The Labute approximate surface area is 511 Å². The number of benzene rings is 8. The van der Waals surface area contributed by atoms with Crippen LogP contribution < -0.4 is 25.6 Å². The molecule has 5 aliphatic rings. The van der Waals surface area contributed by atoms with Gasteiger partial charge in [-0.05, 0) is 197 Å². The van der Waals surface area contributed by atoms with Gasteiger partial charge in [-0.3, -0.25) is 0 Å². The predicted molar refractivity (Wildman–Crippen MR) is 367 cm³/mol. The molecule has 2 heterocycles. The highest BCUT2D eigenvalue weighted by Crippen LogP contribution is 2.61. The van der Waals surface area contributed by atoms with Crippen LogP contribution in [0.15, 0.2) is 193 Å². The van der Waals surface area contributed by atoms with Crippen molar-refractivity contribution >= 4 is 63.1 Å². The maximum atomic E-state index is 2.80. The summed E-state index contributed by atoms with van der Waals surface area (Å²) in [5.41, 5.74) is 28.4. The first-order valence-corrected chi connectivity index (χ1v) is 31.7. The van der Waals surface area contributed by atoms with E-state index in [-0.39, 0.29) is 44.6 Å². The van der Waals surface area contributed by atoms with Crippen molar-refractivity contribution in [2.24, 2.45) is 22.2 Å². The van der Waals surface area contributed by atoms with Gasteiger partial charge in [0.2, 0.25) is 0 Å². The fourth-order valence-corrected chi connectivity index (χ4v) is 15.6. The maximum Gasteiger partial charge on any atom is 0.251 e. The molecule has 0 radical (unpaired) electrons. The van der Waals surface area contributed by atoms with Gasteiger partial charge in [0, 0.05) is 45.3 Å². The van der Waals surface area contributed by atoms with E-state index in [1.165, 1.54) is 106 Å². The van der Waals surface area contributed by atoms with Gasteiger partial charge < -0.3 is 14.7 Å². The molecule has 13 rings (SSSR count). The molecule has 2 aliphatic heterocycles. The Hall–Kier alpha value is -7.30. The fraction of sp³-hybridized carbons (Fsp3) is 0.358. The van der Waals surface area contributed by atoms with Gasteiger partial charge in [0.05, 0.1) is 17.1 Å². The van der Waals surface area contributed by atoms with Crippen LogP contribution in [0.3, 0.4) is 0 Å². The highest BCUT2D eigenvalue weighted by Gasteiger charge is 2.54. The molecule has 3 aliphatic carbocycles. The second-order valence-corrected chi connectivity index (χ2v) is 32.1. The topological polar surface area (TPSA) is 9.72 Å². The molecule has 0 bridgehead atoms. The summed E-state index contributed by atoms with van der Waals surface area (Å²) in [6.45, 7) is 40.6. The predicted octanol–water partition coefficient (Wildman–Crippen LogP) is 21.2. The fourth-order valence-electron chi connectivity index (χ4n) is 15.6. The van der Waals surface area contributed by atoms with E-state index in [1.54, 1.807) is 0 Å². The zero-order chi connectivity index (χ0) is 60.1. The van der Waals surface area contributed by atoms with Crippen LogP contribution in [0.2, 0.25) is 0 Å². The van der Waals surface area contributed by atoms with Gasteiger partial charge >= 0.3 is 0 Å². The molecule has 0 aromatic heterocycles. The number of fused-ring (bicyclic) bond motifs is 6. The van der Waals surface area contributed by atoms with Crippen LogP contribution in [0.5, 0.6) is 0 Å². The average Bonchev–Trinajstić information content (AvgIpc) is 1.49. The van der Waals surface area contributed by atoms with Gasteiger partial charge in [-0.25, -0.2) is 0 Å². The van der Waals surface area contributed by atoms with Crippen molar-refractivity contribution in [2.45, 2.75) is 165 Å². The summed E-state index contributed by atoms with van der Waals surface area (Å²) < 4.78 is 0. The molecule has 3 nitrogen and oxygen atoms in total. The molecule has 0 amide bonds. The summed E-state index contributed by atoms with van der Waals surface area (Å²) in [6, 6.07) is 66.7. The molecule has 85 heavy (non-hydrogen) atoms. The number of anilines is 8. The molecule has 2 unspecified atom stereocenters. The summed E-state index contributed by atoms with van der Waals surface area (Å²) in [5.74, 6) is 0.399. The number of allylic oxidation sites excluding steroid dienone is 3. The molecule has 0 saturated heterocycles. The van der Waals surface area contributed by atoms with E-state index >= 15 is 0 Å². The Morgan fingerprint density at radius 1 is 0.435 bits per heavy atom. The monoisotopic (exact) mass is 1120 g/mol. The SMILES string of the molecule is CC1(C)Cc2cc3c(cc2C1)N(c1ccc(C(C)(C)C)cc1-c1ccccc1)c1cc(N(c2ccc(C(C)(C)C)cc2)c2ccc(C(C)(C)C)cc2)cc2c1B3C1=CC3CC(C)(C)CC3(C)C=C1N2c1ccc(C(C)(C)C)cc1-c1ccccc1. The number of hydrogen-bond donors (Lipinski definition) is 0. The maximum absolute atomic E-state index is 2.80. The third kappa shape index (κ3) is 10.0. The van der Waals surface area contributed by atoms with Crippen LogP contribution in [0.4, 0.5) is 45.5 Å². The highest BCUT2D eigenvalue weighted by molar-refractivity contribution is 6.96. The minimum atomic E-state index is -0.0664. The second-order valence-electron chi connectivity index (χ2n) is 32.1. The van der Waals surface area contributed by atoms with E-state index in [0.717, 1.165) is 42.7 Å². The molecular weight excluding hydrogens is 1030 g/mol. The molecule has 8 aromatic rings. The quantitative estimate of drug-likeness (QED) is 0.147. The van der Waals surface area contributed by atoms with Gasteiger partial charge in [-0.2, -0.15) is 0 Å². The second kappa shape index (κ2) is 19.6.